The summed E-state index contributed by atoms with van der Waals surface area (Å²) >= 11 is 0. The number of anilines is 1. The van der Waals surface area contributed by atoms with Gasteiger partial charge in [-0.3, -0.25) is 9.88 Å². The van der Waals surface area contributed by atoms with Gasteiger partial charge in [0.05, 0.1) is 18.1 Å². The lowest BCUT2D eigenvalue weighted by atomic mass is 10.1. The maximum absolute atomic E-state index is 6.25. The van der Waals surface area contributed by atoms with Gasteiger partial charge in [0.2, 0.25) is 0 Å². The van der Waals surface area contributed by atoms with Gasteiger partial charge in [-0.05, 0) is 61.2 Å². The number of rotatable bonds is 9. The Kier molecular flexibility index (Phi) is 6.67. The Morgan fingerprint density at radius 2 is 1.68 bits per heavy atom. The molecule has 0 bridgehead atoms. The first-order chi connectivity index (χ1) is 16.7. The van der Waals surface area contributed by atoms with Gasteiger partial charge in [-0.1, -0.05) is 37.6 Å². The molecule has 1 saturated heterocycles. The van der Waals surface area contributed by atoms with E-state index < -0.39 is 0 Å². The molecule has 0 aliphatic carbocycles. The van der Waals surface area contributed by atoms with Gasteiger partial charge in [0.25, 0.3) is 0 Å². The van der Waals surface area contributed by atoms with Crippen molar-refractivity contribution in [1.29, 1.82) is 0 Å². The van der Waals surface area contributed by atoms with Crippen LogP contribution < -0.4 is 10.5 Å². The summed E-state index contributed by atoms with van der Waals surface area (Å²) in [5, 5.41) is 5.26. The molecule has 1 atom stereocenters. The van der Waals surface area contributed by atoms with Crippen LogP contribution in [0.15, 0.2) is 55.0 Å². The van der Waals surface area contributed by atoms with Crippen LogP contribution in [0.1, 0.15) is 55.4 Å². The highest BCUT2D eigenvalue weighted by Crippen LogP contribution is 2.27. The van der Waals surface area contributed by atoms with Gasteiger partial charge in [0, 0.05) is 18.9 Å². The SMILES string of the molecule is CCC[C@H](Oc1nc(N)c2cnn(Cc3ccc(CN4CCCC4)cc3)c2n1)c1ccncc1. The van der Waals surface area contributed by atoms with Gasteiger partial charge in [-0.25, -0.2) is 4.68 Å². The summed E-state index contributed by atoms with van der Waals surface area (Å²) < 4.78 is 8.07. The Morgan fingerprint density at radius 3 is 2.38 bits per heavy atom. The molecular formula is C26H31N7O. The predicted octanol–water partition coefficient (Wildman–Crippen LogP) is 4.37. The molecular weight excluding hydrogens is 426 g/mol. The first kappa shape index (κ1) is 22.3. The predicted molar refractivity (Wildman–Crippen MR) is 132 cm³/mol. The van der Waals surface area contributed by atoms with Gasteiger partial charge in [-0.2, -0.15) is 15.1 Å². The number of likely N-dealkylation sites (tertiary alicyclic amines) is 1. The minimum atomic E-state index is -0.163. The highest BCUT2D eigenvalue weighted by atomic mass is 16.5. The normalized spacial score (nSPS) is 15.1. The van der Waals surface area contributed by atoms with E-state index in [1.807, 2.05) is 16.8 Å². The van der Waals surface area contributed by atoms with E-state index in [4.69, 9.17) is 15.5 Å². The molecule has 4 heterocycles. The fourth-order valence-electron chi connectivity index (χ4n) is 4.51. The maximum atomic E-state index is 6.25. The van der Waals surface area contributed by atoms with Crippen molar-refractivity contribution in [3.63, 3.8) is 0 Å². The van der Waals surface area contributed by atoms with Crippen LogP contribution in [-0.2, 0) is 13.1 Å². The van der Waals surface area contributed by atoms with Crippen molar-refractivity contribution in [2.75, 3.05) is 18.8 Å². The molecule has 3 aromatic heterocycles. The van der Waals surface area contributed by atoms with Crippen molar-refractivity contribution >= 4 is 16.9 Å². The van der Waals surface area contributed by atoms with Crippen molar-refractivity contribution in [2.24, 2.45) is 0 Å². The lowest BCUT2D eigenvalue weighted by Crippen LogP contribution is -2.18. The summed E-state index contributed by atoms with van der Waals surface area (Å²) in [6.45, 7) is 6.15. The maximum Gasteiger partial charge on any atom is 0.321 e. The van der Waals surface area contributed by atoms with Gasteiger partial charge < -0.3 is 10.5 Å². The Balaban J connectivity index is 1.35. The molecule has 1 aromatic carbocycles. The van der Waals surface area contributed by atoms with Gasteiger partial charge >= 0.3 is 6.01 Å². The molecule has 1 aliphatic rings. The van der Waals surface area contributed by atoms with E-state index in [0.717, 1.165) is 35.9 Å². The number of nitrogens with two attached hydrogens (primary N) is 1. The zero-order valence-corrected chi connectivity index (χ0v) is 19.6. The number of nitrogens with zero attached hydrogens (tertiary/aromatic N) is 6. The third-order valence-electron chi connectivity index (χ3n) is 6.34. The molecule has 1 fully saturated rings. The molecule has 0 radical (unpaired) electrons. The van der Waals surface area contributed by atoms with Crippen molar-refractivity contribution in [2.45, 2.75) is 51.8 Å². The summed E-state index contributed by atoms with van der Waals surface area (Å²) in [6, 6.07) is 12.9. The van der Waals surface area contributed by atoms with Crippen LogP contribution >= 0.6 is 0 Å². The zero-order chi connectivity index (χ0) is 23.3. The van der Waals surface area contributed by atoms with E-state index in [1.54, 1.807) is 18.6 Å². The lowest BCUT2D eigenvalue weighted by Gasteiger charge is -2.17. The van der Waals surface area contributed by atoms with Crippen molar-refractivity contribution in [3.05, 3.63) is 71.7 Å². The van der Waals surface area contributed by atoms with Gasteiger partial charge in [-0.15, -0.1) is 0 Å². The second-order valence-electron chi connectivity index (χ2n) is 8.91. The first-order valence-electron chi connectivity index (χ1n) is 12.1. The summed E-state index contributed by atoms with van der Waals surface area (Å²) in [5.41, 5.74) is 10.5. The molecule has 34 heavy (non-hydrogen) atoms. The van der Waals surface area contributed by atoms with E-state index in [0.29, 0.717) is 18.0 Å². The van der Waals surface area contributed by atoms with E-state index in [9.17, 15) is 0 Å². The quantitative estimate of drug-likeness (QED) is 0.399. The number of hydrogen-bond acceptors (Lipinski definition) is 7. The van der Waals surface area contributed by atoms with Gasteiger partial charge in [0.1, 0.15) is 11.9 Å². The Bertz CT molecular complexity index is 1220. The minimum Gasteiger partial charge on any atom is -0.455 e. The molecule has 0 amide bonds. The van der Waals surface area contributed by atoms with Crippen LogP contribution in [0.4, 0.5) is 5.82 Å². The molecule has 8 nitrogen and oxygen atoms in total. The highest BCUT2D eigenvalue weighted by molar-refractivity contribution is 5.85. The van der Waals surface area contributed by atoms with Crippen LogP contribution in [0.5, 0.6) is 6.01 Å². The highest BCUT2D eigenvalue weighted by Gasteiger charge is 2.18. The second kappa shape index (κ2) is 10.2. The number of benzene rings is 1. The standard InChI is InChI=1S/C26H31N7O/c1-2-5-23(21-10-12-28-13-11-21)34-26-30-24(27)22-16-29-33(25(22)31-26)18-20-8-6-19(7-9-20)17-32-14-3-4-15-32/h6-13,16,23H,2-5,14-15,17-18H2,1H3,(H2,27,30,31)/t23-/m0/s1. The number of hydrogen-bond donors (Lipinski definition) is 1. The summed E-state index contributed by atoms with van der Waals surface area (Å²) in [4.78, 5) is 15.7. The molecule has 2 N–H and O–H groups in total. The summed E-state index contributed by atoms with van der Waals surface area (Å²) in [5.74, 6) is 0.372. The molecule has 0 unspecified atom stereocenters. The molecule has 4 aromatic rings. The monoisotopic (exact) mass is 457 g/mol. The van der Waals surface area contributed by atoms with Crippen LogP contribution in [0.2, 0.25) is 0 Å². The summed E-state index contributed by atoms with van der Waals surface area (Å²) in [7, 11) is 0. The smallest absolute Gasteiger partial charge is 0.321 e. The molecule has 5 rings (SSSR count). The number of pyridine rings is 1. The van der Waals surface area contributed by atoms with Crippen LogP contribution in [-0.4, -0.2) is 42.7 Å². The van der Waals surface area contributed by atoms with Crippen LogP contribution in [0.25, 0.3) is 11.0 Å². The largest absolute Gasteiger partial charge is 0.455 e. The van der Waals surface area contributed by atoms with Crippen LogP contribution in [0.3, 0.4) is 0 Å². The number of nitrogen functional groups attached to an aromatic ring is 1. The zero-order valence-electron chi connectivity index (χ0n) is 19.6. The van der Waals surface area contributed by atoms with E-state index in [1.165, 1.54) is 31.5 Å². The van der Waals surface area contributed by atoms with Gasteiger partial charge in [0.15, 0.2) is 5.65 Å². The van der Waals surface area contributed by atoms with Crippen molar-refractivity contribution in [3.8, 4) is 6.01 Å². The Morgan fingerprint density at radius 1 is 0.971 bits per heavy atom. The average Bonchev–Trinajstić information content (AvgIpc) is 3.51. The number of aromatic nitrogens is 5. The Hall–Kier alpha value is -3.52. The molecule has 0 spiro atoms. The Labute approximate surface area is 199 Å². The molecule has 8 heteroatoms. The molecule has 176 valence electrons. The first-order valence-corrected chi connectivity index (χ1v) is 12.1. The minimum absolute atomic E-state index is 0.163. The fraction of sp³-hybridized carbons (Fsp3) is 0.385. The third kappa shape index (κ3) is 5.02. The fourth-order valence-corrected chi connectivity index (χ4v) is 4.51. The number of ether oxygens (including phenoxy) is 1. The van der Waals surface area contributed by atoms with Crippen molar-refractivity contribution in [1.82, 2.24) is 29.6 Å². The summed E-state index contributed by atoms with van der Waals surface area (Å²) in [6.07, 6.45) is 9.53. The van der Waals surface area contributed by atoms with Crippen molar-refractivity contribution < 1.29 is 4.74 Å². The van der Waals surface area contributed by atoms with Crippen LogP contribution in [0, 0.1) is 0 Å². The molecule has 0 saturated carbocycles. The molecule has 1 aliphatic heterocycles. The van der Waals surface area contributed by atoms with E-state index in [2.05, 4.69) is 51.2 Å². The topological polar surface area (TPSA) is 95.0 Å². The van der Waals surface area contributed by atoms with E-state index >= 15 is 0 Å². The number of fused-ring (bicyclic) bond motifs is 1. The lowest BCUT2D eigenvalue weighted by molar-refractivity contribution is 0.177. The third-order valence-corrected chi connectivity index (χ3v) is 6.34. The average molecular weight is 458 g/mol. The second-order valence-corrected chi connectivity index (χ2v) is 8.91. The van der Waals surface area contributed by atoms with E-state index in [-0.39, 0.29) is 12.1 Å².